The van der Waals surface area contributed by atoms with Gasteiger partial charge >= 0.3 is 5.69 Å². The van der Waals surface area contributed by atoms with Crippen LogP contribution >= 0.6 is 0 Å². The minimum absolute atomic E-state index is 0.0159. The van der Waals surface area contributed by atoms with E-state index in [2.05, 4.69) is 10.5 Å². The van der Waals surface area contributed by atoms with Crippen LogP contribution in [0.4, 0.5) is 5.69 Å². The number of hydrazone groups is 1. The van der Waals surface area contributed by atoms with E-state index >= 15 is 0 Å². The van der Waals surface area contributed by atoms with Gasteiger partial charge in [-0.25, -0.2) is 5.43 Å². The minimum atomic E-state index is -0.557. The Morgan fingerprint density at radius 2 is 1.76 bits per heavy atom. The Bertz CT molecular complexity index is 1160. The van der Waals surface area contributed by atoms with E-state index in [9.17, 15) is 14.9 Å². The molecule has 176 valence electrons. The molecule has 0 fully saturated rings. The highest BCUT2D eigenvalue weighted by Crippen LogP contribution is 2.29. The number of ether oxygens (including phenoxy) is 3. The van der Waals surface area contributed by atoms with E-state index in [-0.39, 0.29) is 11.4 Å². The zero-order valence-corrected chi connectivity index (χ0v) is 18.9. The summed E-state index contributed by atoms with van der Waals surface area (Å²) in [7, 11) is 0. The summed E-state index contributed by atoms with van der Waals surface area (Å²) in [4.78, 5) is 22.6. The van der Waals surface area contributed by atoms with Crippen molar-refractivity contribution in [3.63, 3.8) is 0 Å². The largest absolute Gasteiger partial charge is 0.490 e. The van der Waals surface area contributed by atoms with Crippen LogP contribution in [0.2, 0.25) is 0 Å². The van der Waals surface area contributed by atoms with E-state index in [0.717, 1.165) is 11.1 Å². The van der Waals surface area contributed by atoms with Crippen molar-refractivity contribution in [2.45, 2.75) is 20.5 Å². The van der Waals surface area contributed by atoms with Crippen LogP contribution in [-0.2, 0) is 11.4 Å². The average Bonchev–Trinajstić information content (AvgIpc) is 2.83. The first-order valence-corrected chi connectivity index (χ1v) is 10.6. The van der Waals surface area contributed by atoms with Crippen LogP contribution in [0.25, 0.3) is 0 Å². The predicted octanol–water partition coefficient (Wildman–Crippen LogP) is 4.41. The number of hydrogen-bond donors (Lipinski definition) is 1. The number of nitrogens with zero attached hydrogens (tertiary/aromatic N) is 2. The number of hydrogen-bond acceptors (Lipinski definition) is 7. The van der Waals surface area contributed by atoms with Crippen LogP contribution in [0, 0.1) is 17.0 Å². The van der Waals surface area contributed by atoms with Gasteiger partial charge in [-0.15, -0.1) is 0 Å². The molecule has 0 saturated carbocycles. The summed E-state index contributed by atoms with van der Waals surface area (Å²) < 4.78 is 16.8. The van der Waals surface area contributed by atoms with Gasteiger partial charge in [-0.1, -0.05) is 36.4 Å². The number of nitro benzene ring substituents is 1. The Hall–Kier alpha value is -4.40. The SMILES string of the molecule is CCOc1cc(/C=N\NC(=O)COc2ccc(C)cc2[N+](=O)[O-])ccc1OCc1ccccc1. The molecule has 0 aliphatic rings. The maximum Gasteiger partial charge on any atom is 0.311 e. The number of nitrogens with one attached hydrogen (secondary N) is 1. The van der Waals surface area contributed by atoms with Gasteiger partial charge in [0, 0.05) is 6.07 Å². The van der Waals surface area contributed by atoms with E-state index < -0.39 is 17.4 Å². The summed E-state index contributed by atoms with van der Waals surface area (Å²) >= 11 is 0. The Morgan fingerprint density at radius 1 is 1.00 bits per heavy atom. The zero-order chi connectivity index (χ0) is 24.3. The summed E-state index contributed by atoms with van der Waals surface area (Å²) in [5.41, 5.74) is 4.58. The lowest BCUT2D eigenvalue weighted by atomic mass is 10.2. The Kier molecular flexibility index (Phi) is 8.56. The molecule has 0 radical (unpaired) electrons. The molecular weight excluding hydrogens is 438 g/mol. The number of carbonyl (C=O) groups is 1. The average molecular weight is 463 g/mol. The normalized spacial score (nSPS) is 10.6. The van der Waals surface area contributed by atoms with Gasteiger partial charge in [-0.05, 0) is 54.8 Å². The van der Waals surface area contributed by atoms with Gasteiger partial charge in [0.2, 0.25) is 0 Å². The molecule has 0 bridgehead atoms. The van der Waals surface area contributed by atoms with Crippen LogP contribution in [0.5, 0.6) is 17.2 Å². The number of nitro groups is 1. The van der Waals surface area contributed by atoms with Crippen LogP contribution in [0.3, 0.4) is 0 Å². The molecule has 0 aliphatic carbocycles. The van der Waals surface area contributed by atoms with Crippen molar-refractivity contribution >= 4 is 17.8 Å². The molecule has 0 aliphatic heterocycles. The predicted molar refractivity (Wildman–Crippen MR) is 127 cm³/mol. The van der Waals surface area contributed by atoms with Gasteiger partial charge < -0.3 is 14.2 Å². The lowest BCUT2D eigenvalue weighted by Crippen LogP contribution is -2.24. The third kappa shape index (κ3) is 7.06. The Balaban J connectivity index is 1.57. The van der Waals surface area contributed by atoms with Crippen molar-refractivity contribution in [3.8, 4) is 17.2 Å². The summed E-state index contributed by atoms with van der Waals surface area (Å²) in [6.45, 7) is 4.06. The third-order valence-electron chi connectivity index (χ3n) is 4.58. The van der Waals surface area contributed by atoms with Gasteiger partial charge in [-0.3, -0.25) is 14.9 Å². The summed E-state index contributed by atoms with van der Waals surface area (Å²) in [6.07, 6.45) is 1.45. The first-order valence-electron chi connectivity index (χ1n) is 10.6. The monoisotopic (exact) mass is 463 g/mol. The molecule has 3 aromatic carbocycles. The number of amides is 1. The number of carbonyl (C=O) groups excluding carboxylic acids is 1. The highest BCUT2D eigenvalue weighted by Gasteiger charge is 2.16. The van der Waals surface area contributed by atoms with Crippen molar-refractivity contribution in [2.75, 3.05) is 13.2 Å². The van der Waals surface area contributed by atoms with E-state index in [0.29, 0.717) is 30.3 Å². The second-order valence-corrected chi connectivity index (χ2v) is 7.22. The zero-order valence-electron chi connectivity index (χ0n) is 18.9. The highest BCUT2D eigenvalue weighted by atomic mass is 16.6. The van der Waals surface area contributed by atoms with Gasteiger partial charge in [0.25, 0.3) is 5.91 Å². The van der Waals surface area contributed by atoms with E-state index in [1.165, 1.54) is 18.3 Å². The molecule has 3 rings (SSSR count). The lowest BCUT2D eigenvalue weighted by Gasteiger charge is -2.12. The minimum Gasteiger partial charge on any atom is -0.490 e. The van der Waals surface area contributed by atoms with Gasteiger partial charge in [-0.2, -0.15) is 5.10 Å². The standard InChI is InChI=1S/C25H25N3O6/c1-3-32-24-14-20(10-12-23(24)33-16-19-7-5-4-6-8-19)15-26-27-25(29)17-34-22-11-9-18(2)13-21(22)28(30)31/h4-15H,3,16-17H2,1-2H3,(H,27,29)/b26-15-. The smallest absolute Gasteiger partial charge is 0.311 e. The summed E-state index contributed by atoms with van der Waals surface area (Å²) in [6, 6.07) is 19.6. The van der Waals surface area contributed by atoms with E-state index in [1.807, 2.05) is 37.3 Å². The fourth-order valence-corrected chi connectivity index (χ4v) is 2.97. The number of rotatable bonds is 11. The van der Waals surface area contributed by atoms with Gasteiger partial charge in [0.15, 0.2) is 23.9 Å². The second-order valence-electron chi connectivity index (χ2n) is 7.22. The number of benzene rings is 3. The van der Waals surface area contributed by atoms with Gasteiger partial charge in [0.1, 0.15) is 6.61 Å². The Morgan fingerprint density at radius 3 is 2.50 bits per heavy atom. The Labute approximate surface area is 197 Å². The summed E-state index contributed by atoms with van der Waals surface area (Å²) in [5.74, 6) is 0.616. The van der Waals surface area contributed by atoms with E-state index in [4.69, 9.17) is 14.2 Å². The molecule has 0 unspecified atom stereocenters. The molecule has 0 atom stereocenters. The van der Waals surface area contributed by atoms with Gasteiger partial charge in [0.05, 0.1) is 17.7 Å². The maximum absolute atomic E-state index is 12.0. The van der Waals surface area contributed by atoms with E-state index in [1.54, 1.807) is 31.2 Å². The molecule has 0 saturated heterocycles. The van der Waals surface area contributed by atoms with Crippen molar-refractivity contribution in [2.24, 2.45) is 5.10 Å². The van der Waals surface area contributed by atoms with Crippen LogP contribution in [-0.4, -0.2) is 30.3 Å². The quantitative estimate of drug-likeness (QED) is 0.256. The number of aryl methyl sites for hydroxylation is 1. The van der Waals surface area contributed by atoms with Crippen LogP contribution < -0.4 is 19.6 Å². The van der Waals surface area contributed by atoms with Crippen molar-refractivity contribution in [3.05, 3.63) is 93.5 Å². The third-order valence-corrected chi connectivity index (χ3v) is 4.58. The summed E-state index contributed by atoms with van der Waals surface area (Å²) in [5, 5.41) is 15.1. The fraction of sp³-hybridized carbons (Fsp3) is 0.200. The first-order chi connectivity index (χ1) is 16.5. The molecule has 9 heteroatoms. The molecule has 9 nitrogen and oxygen atoms in total. The molecule has 1 N–H and O–H groups in total. The molecular formula is C25H25N3O6. The van der Waals surface area contributed by atoms with Crippen LogP contribution in [0.15, 0.2) is 71.8 Å². The molecule has 34 heavy (non-hydrogen) atoms. The molecule has 0 spiro atoms. The van der Waals surface area contributed by atoms with Crippen molar-refractivity contribution in [1.82, 2.24) is 5.43 Å². The lowest BCUT2D eigenvalue weighted by molar-refractivity contribution is -0.385. The van der Waals surface area contributed by atoms with Crippen molar-refractivity contribution in [1.29, 1.82) is 0 Å². The van der Waals surface area contributed by atoms with Crippen LogP contribution in [0.1, 0.15) is 23.6 Å². The molecule has 0 aromatic heterocycles. The molecule has 1 amide bonds. The maximum atomic E-state index is 12.0. The van der Waals surface area contributed by atoms with Crippen molar-refractivity contribution < 1.29 is 23.9 Å². The fourth-order valence-electron chi connectivity index (χ4n) is 2.97. The molecule has 3 aromatic rings. The highest BCUT2D eigenvalue weighted by molar-refractivity contribution is 5.83. The topological polar surface area (TPSA) is 112 Å². The second kappa shape index (κ2) is 12.0. The first kappa shape index (κ1) is 24.2. The molecule has 0 heterocycles.